The zero-order chi connectivity index (χ0) is 22.0. The highest BCUT2D eigenvalue weighted by Crippen LogP contribution is 2.39. The maximum atomic E-state index is 13.5. The molecule has 158 valence electrons. The Morgan fingerprint density at radius 1 is 1.00 bits per heavy atom. The van der Waals surface area contributed by atoms with Gasteiger partial charge >= 0.3 is 5.97 Å². The molecule has 1 aliphatic heterocycles. The molecule has 6 heteroatoms. The van der Waals surface area contributed by atoms with Gasteiger partial charge in [-0.15, -0.1) is 0 Å². The van der Waals surface area contributed by atoms with Crippen LogP contribution in [0.2, 0.25) is 5.02 Å². The average Bonchev–Trinajstić information content (AvgIpc) is 3.24. The maximum Gasteiger partial charge on any atom is 0.326 e. The first-order valence-electron chi connectivity index (χ1n) is 10.0. The lowest BCUT2D eigenvalue weighted by atomic mass is 10.0. The second-order valence-corrected chi connectivity index (χ2v) is 7.93. The Morgan fingerprint density at radius 3 is 2.45 bits per heavy atom. The highest BCUT2D eigenvalue weighted by atomic mass is 35.5. The number of likely N-dealkylation sites (tertiary alicyclic amines) is 1. The number of benzene rings is 3. The minimum atomic E-state index is -1.01. The van der Waals surface area contributed by atoms with Crippen LogP contribution in [0.1, 0.15) is 34.8 Å². The summed E-state index contributed by atoms with van der Waals surface area (Å²) in [5.41, 5.74) is 3.05. The summed E-state index contributed by atoms with van der Waals surface area (Å²) in [6.07, 6.45) is 0.944. The topological polar surface area (TPSA) is 66.8 Å². The van der Waals surface area contributed by atoms with Gasteiger partial charge in [-0.2, -0.15) is 0 Å². The summed E-state index contributed by atoms with van der Waals surface area (Å²) < 4.78 is 5.55. The van der Waals surface area contributed by atoms with Crippen LogP contribution in [0, 0.1) is 0 Å². The van der Waals surface area contributed by atoms with Gasteiger partial charge in [-0.05, 0) is 54.3 Å². The number of carbonyl (C=O) groups is 2. The predicted octanol–water partition coefficient (Wildman–Crippen LogP) is 5.45. The molecular formula is C25H22ClNO4. The zero-order valence-electron chi connectivity index (χ0n) is 17.0. The second kappa shape index (κ2) is 8.82. The molecule has 0 aromatic heterocycles. The second-order valence-electron chi connectivity index (χ2n) is 7.50. The van der Waals surface area contributed by atoms with E-state index in [0.29, 0.717) is 29.2 Å². The van der Waals surface area contributed by atoms with Crippen LogP contribution in [0.5, 0.6) is 5.75 Å². The van der Waals surface area contributed by atoms with E-state index in [0.717, 1.165) is 16.7 Å². The molecule has 1 amide bonds. The lowest BCUT2D eigenvalue weighted by Gasteiger charge is -2.29. The Hall–Kier alpha value is -3.31. The number of hydrogen-bond acceptors (Lipinski definition) is 3. The van der Waals surface area contributed by atoms with Crippen molar-refractivity contribution in [3.63, 3.8) is 0 Å². The van der Waals surface area contributed by atoms with Crippen LogP contribution >= 0.6 is 11.6 Å². The normalized spacial score (nSPS) is 18.1. The van der Waals surface area contributed by atoms with E-state index in [1.165, 1.54) is 4.90 Å². The molecule has 0 bridgehead atoms. The van der Waals surface area contributed by atoms with Crippen molar-refractivity contribution in [1.82, 2.24) is 4.90 Å². The van der Waals surface area contributed by atoms with Crippen LogP contribution in [-0.4, -0.2) is 35.0 Å². The van der Waals surface area contributed by atoms with Crippen molar-refractivity contribution in [2.75, 3.05) is 7.11 Å². The first kappa shape index (κ1) is 20.9. The van der Waals surface area contributed by atoms with E-state index in [1.54, 1.807) is 31.4 Å². The van der Waals surface area contributed by atoms with Gasteiger partial charge in [0, 0.05) is 16.1 Å². The molecule has 2 atom stereocenters. The van der Waals surface area contributed by atoms with Gasteiger partial charge < -0.3 is 14.7 Å². The minimum absolute atomic E-state index is 0.340. The van der Waals surface area contributed by atoms with Gasteiger partial charge in [0.2, 0.25) is 0 Å². The van der Waals surface area contributed by atoms with Crippen molar-refractivity contribution >= 4 is 23.5 Å². The first-order chi connectivity index (χ1) is 15.0. The predicted molar refractivity (Wildman–Crippen MR) is 119 cm³/mol. The summed E-state index contributed by atoms with van der Waals surface area (Å²) in [6.45, 7) is 0. The van der Waals surface area contributed by atoms with Crippen LogP contribution in [0.15, 0.2) is 72.8 Å². The van der Waals surface area contributed by atoms with Crippen LogP contribution in [-0.2, 0) is 4.79 Å². The van der Waals surface area contributed by atoms with E-state index in [1.807, 2.05) is 48.5 Å². The summed E-state index contributed by atoms with van der Waals surface area (Å²) in [6, 6.07) is 21.0. The van der Waals surface area contributed by atoms with E-state index in [2.05, 4.69) is 0 Å². The molecule has 4 rings (SSSR count). The molecule has 1 saturated heterocycles. The first-order valence-corrected chi connectivity index (χ1v) is 10.4. The fourth-order valence-electron chi connectivity index (χ4n) is 4.21. The molecule has 3 aromatic carbocycles. The molecule has 3 aromatic rings. The number of hydrogen-bond donors (Lipinski definition) is 1. The monoisotopic (exact) mass is 435 g/mol. The molecular weight excluding hydrogens is 414 g/mol. The van der Waals surface area contributed by atoms with Gasteiger partial charge in [-0.25, -0.2) is 4.79 Å². The van der Waals surface area contributed by atoms with Gasteiger partial charge in [0.25, 0.3) is 5.91 Å². The number of carbonyl (C=O) groups excluding carboxylic acids is 1. The van der Waals surface area contributed by atoms with E-state index in [-0.39, 0.29) is 11.9 Å². The van der Waals surface area contributed by atoms with Crippen LogP contribution in [0.25, 0.3) is 11.1 Å². The maximum absolute atomic E-state index is 13.5. The summed E-state index contributed by atoms with van der Waals surface area (Å²) in [5.74, 6) is -0.791. The molecule has 1 aliphatic rings. The third-order valence-electron chi connectivity index (χ3n) is 5.67. The fourth-order valence-corrected chi connectivity index (χ4v) is 4.41. The lowest BCUT2D eigenvalue weighted by molar-refractivity contribution is -0.141. The number of nitrogens with zero attached hydrogens (tertiary/aromatic N) is 1. The van der Waals surface area contributed by atoms with Crippen molar-refractivity contribution in [1.29, 1.82) is 0 Å². The third kappa shape index (κ3) is 4.14. The van der Waals surface area contributed by atoms with Gasteiger partial charge in [0.05, 0.1) is 13.2 Å². The Morgan fingerprint density at radius 2 is 1.77 bits per heavy atom. The molecule has 31 heavy (non-hydrogen) atoms. The number of amides is 1. The summed E-state index contributed by atoms with van der Waals surface area (Å²) in [4.78, 5) is 26.9. The highest BCUT2D eigenvalue weighted by Gasteiger charge is 2.42. The minimum Gasteiger partial charge on any atom is -0.496 e. The number of methoxy groups -OCH3 is 1. The Kier molecular flexibility index (Phi) is 5.96. The molecule has 0 aliphatic carbocycles. The van der Waals surface area contributed by atoms with Crippen molar-refractivity contribution in [2.24, 2.45) is 0 Å². The lowest BCUT2D eigenvalue weighted by Crippen LogP contribution is -2.41. The van der Waals surface area contributed by atoms with Crippen LogP contribution < -0.4 is 4.74 Å². The molecule has 0 unspecified atom stereocenters. The Balaban J connectivity index is 1.72. The van der Waals surface area contributed by atoms with Crippen LogP contribution in [0.4, 0.5) is 0 Å². The quantitative estimate of drug-likeness (QED) is 0.579. The number of aliphatic carboxylic acids is 1. The van der Waals surface area contributed by atoms with E-state index >= 15 is 0 Å². The van der Waals surface area contributed by atoms with Gasteiger partial charge in [0.1, 0.15) is 11.8 Å². The van der Waals surface area contributed by atoms with E-state index in [4.69, 9.17) is 16.3 Å². The Labute approximate surface area is 185 Å². The van der Waals surface area contributed by atoms with E-state index < -0.39 is 12.0 Å². The summed E-state index contributed by atoms with van der Waals surface area (Å²) >= 11 is 6.15. The van der Waals surface area contributed by atoms with Crippen molar-refractivity contribution < 1.29 is 19.4 Å². The van der Waals surface area contributed by atoms with Gasteiger partial charge in [-0.1, -0.05) is 54.1 Å². The van der Waals surface area contributed by atoms with Crippen molar-refractivity contribution in [3.05, 3.63) is 88.9 Å². The van der Waals surface area contributed by atoms with Crippen LogP contribution in [0.3, 0.4) is 0 Å². The zero-order valence-corrected chi connectivity index (χ0v) is 17.8. The number of halogens is 1. The Bertz CT molecular complexity index is 1120. The smallest absolute Gasteiger partial charge is 0.326 e. The SMILES string of the molecule is COc1cc(C(=O)N2[C@@H](c3cccc(Cl)c3)CC[C@H]2C(=O)O)ccc1-c1ccccc1. The molecule has 1 fully saturated rings. The fraction of sp³-hybridized carbons (Fsp3) is 0.200. The molecule has 5 nitrogen and oxygen atoms in total. The average molecular weight is 436 g/mol. The van der Waals surface area contributed by atoms with Crippen molar-refractivity contribution in [3.8, 4) is 16.9 Å². The highest BCUT2D eigenvalue weighted by molar-refractivity contribution is 6.30. The van der Waals surface area contributed by atoms with Gasteiger partial charge in [0.15, 0.2) is 0 Å². The van der Waals surface area contributed by atoms with Crippen molar-refractivity contribution in [2.45, 2.75) is 24.9 Å². The summed E-state index contributed by atoms with van der Waals surface area (Å²) in [5, 5.41) is 10.3. The molecule has 0 radical (unpaired) electrons. The molecule has 1 N–H and O–H groups in total. The molecule has 1 heterocycles. The third-order valence-corrected chi connectivity index (χ3v) is 5.91. The summed E-state index contributed by atoms with van der Waals surface area (Å²) in [7, 11) is 1.56. The standard InChI is InChI=1S/C25H22ClNO4/c1-31-23-15-18(10-11-20(23)16-6-3-2-4-7-16)24(28)27-21(12-13-22(27)25(29)30)17-8-5-9-19(26)14-17/h2-11,14-15,21-22H,12-13H2,1H3,(H,29,30)/t21-,22+/m1/s1. The number of ether oxygens (including phenoxy) is 1. The molecule has 0 spiro atoms. The number of carboxylic acid groups (broad SMARTS) is 1. The number of rotatable bonds is 5. The molecule has 0 saturated carbocycles. The largest absolute Gasteiger partial charge is 0.496 e. The van der Waals surface area contributed by atoms with Gasteiger partial charge in [-0.3, -0.25) is 4.79 Å². The van der Waals surface area contributed by atoms with E-state index in [9.17, 15) is 14.7 Å². The number of carboxylic acids is 1.